The number of thiophene rings is 1. The highest BCUT2D eigenvalue weighted by Gasteiger charge is 2.09. The molecule has 0 spiro atoms. The second-order valence-electron chi connectivity index (χ2n) is 3.90. The van der Waals surface area contributed by atoms with Crippen LogP contribution < -0.4 is 5.73 Å². The van der Waals surface area contributed by atoms with Gasteiger partial charge in [-0.1, -0.05) is 13.0 Å². The monoisotopic (exact) mass is 232 g/mol. The molecule has 0 saturated heterocycles. The molecule has 1 atom stereocenters. The highest BCUT2D eigenvalue weighted by atomic mass is 32.1. The Bertz CT molecular complexity index is 436. The molecule has 2 nitrogen and oxygen atoms in total. The van der Waals surface area contributed by atoms with Crippen molar-refractivity contribution in [2.45, 2.75) is 19.3 Å². The van der Waals surface area contributed by atoms with Gasteiger partial charge in [-0.3, -0.25) is 4.98 Å². The maximum atomic E-state index is 5.58. The zero-order valence-electron chi connectivity index (χ0n) is 9.39. The molecule has 2 aromatic heterocycles. The van der Waals surface area contributed by atoms with Crippen molar-refractivity contribution < 1.29 is 0 Å². The summed E-state index contributed by atoms with van der Waals surface area (Å²) in [5.74, 6) is 0.549. The summed E-state index contributed by atoms with van der Waals surface area (Å²) < 4.78 is 0. The van der Waals surface area contributed by atoms with Crippen LogP contribution in [0.25, 0.3) is 10.6 Å². The summed E-state index contributed by atoms with van der Waals surface area (Å²) in [5.41, 5.74) is 6.63. The fourth-order valence-electron chi connectivity index (χ4n) is 1.66. The van der Waals surface area contributed by atoms with Crippen molar-refractivity contribution in [3.63, 3.8) is 0 Å². The Morgan fingerprint density at radius 1 is 1.31 bits per heavy atom. The Kier molecular flexibility index (Phi) is 3.70. The third kappa shape index (κ3) is 2.49. The number of aromatic nitrogens is 1. The Balaban J connectivity index is 2.20. The summed E-state index contributed by atoms with van der Waals surface area (Å²) in [7, 11) is 0. The van der Waals surface area contributed by atoms with Crippen LogP contribution in [0, 0.1) is 0 Å². The number of hydrogen-bond acceptors (Lipinski definition) is 3. The highest BCUT2D eigenvalue weighted by Crippen LogP contribution is 2.32. The molecule has 2 heterocycles. The van der Waals surface area contributed by atoms with Gasteiger partial charge in [0.2, 0.25) is 0 Å². The third-order valence-corrected chi connectivity index (χ3v) is 3.97. The van der Waals surface area contributed by atoms with E-state index >= 15 is 0 Å². The van der Waals surface area contributed by atoms with E-state index in [0.717, 1.165) is 18.7 Å². The van der Waals surface area contributed by atoms with Gasteiger partial charge in [-0.25, -0.2) is 0 Å². The first kappa shape index (κ1) is 11.3. The van der Waals surface area contributed by atoms with Crippen LogP contribution in [0.2, 0.25) is 0 Å². The third-order valence-electron chi connectivity index (χ3n) is 2.63. The molecule has 0 aromatic carbocycles. The molecule has 0 aliphatic rings. The Labute approximate surface area is 100 Å². The van der Waals surface area contributed by atoms with Gasteiger partial charge in [0.05, 0.1) is 10.6 Å². The predicted molar refractivity (Wildman–Crippen MR) is 69.6 cm³/mol. The lowest BCUT2D eigenvalue weighted by Gasteiger charge is -2.05. The Morgan fingerprint density at radius 3 is 2.88 bits per heavy atom. The second kappa shape index (κ2) is 5.23. The van der Waals surface area contributed by atoms with Gasteiger partial charge in [-0.2, -0.15) is 0 Å². The molecule has 0 bridgehead atoms. The Hall–Kier alpha value is -1.19. The van der Waals surface area contributed by atoms with Crippen LogP contribution in [0.3, 0.4) is 0 Å². The van der Waals surface area contributed by atoms with Crippen LogP contribution in [0.1, 0.15) is 24.1 Å². The maximum Gasteiger partial charge on any atom is 0.0801 e. The van der Waals surface area contributed by atoms with E-state index in [1.165, 1.54) is 9.75 Å². The van der Waals surface area contributed by atoms with Crippen LogP contribution in [0.4, 0.5) is 0 Å². The number of hydrogen-bond donors (Lipinski definition) is 1. The number of nitrogens with zero attached hydrogens (tertiary/aromatic N) is 1. The van der Waals surface area contributed by atoms with Gasteiger partial charge in [0.15, 0.2) is 0 Å². The van der Waals surface area contributed by atoms with Gasteiger partial charge in [0.1, 0.15) is 0 Å². The molecule has 2 rings (SSSR count). The van der Waals surface area contributed by atoms with Gasteiger partial charge in [-0.05, 0) is 43.1 Å². The first-order valence-corrected chi connectivity index (χ1v) is 6.34. The lowest BCUT2D eigenvalue weighted by molar-refractivity contribution is 0.701. The van der Waals surface area contributed by atoms with Crippen molar-refractivity contribution in [3.05, 3.63) is 41.4 Å². The number of pyridine rings is 1. The van der Waals surface area contributed by atoms with E-state index in [1.807, 2.05) is 35.7 Å². The fraction of sp³-hybridized carbons (Fsp3) is 0.308. The summed E-state index contributed by atoms with van der Waals surface area (Å²) in [6.45, 7) is 2.97. The molecule has 0 aliphatic heterocycles. The van der Waals surface area contributed by atoms with Gasteiger partial charge in [0.25, 0.3) is 0 Å². The van der Waals surface area contributed by atoms with E-state index in [9.17, 15) is 0 Å². The van der Waals surface area contributed by atoms with E-state index in [2.05, 4.69) is 24.0 Å². The van der Waals surface area contributed by atoms with Crippen molar-refractivity contribution in [3.8, 4) is 10.6 Å². The smallest absolute Gasteiger partial charge is 0.0801 e. The highest BCUT2D eigenvalue weighted by molar-refractivity contribution is 7.15. The van der Waals surface area contributed by atoms with Crippen LogP contribution >= 0.6 is 11.3 Å². The lowest BCUT2D eigenvalue weighted by atomic mass is 10.1. The molecule has 0 aliphatic carbocycles. The lowest BCUT2D eigenvalue weighted by Crippen LogP contribution is -2.03. The van der Waals surface area contributed by atoms with Gasteiger partial charge >= 0.3 is 0 Å². The Morgan fingerprint density at radius 2 is 2.19 bits per heavy atom. The minimum atomic E-state index is 0.549. The molecule has 16 heavy (non-hydrogen) atoms. The molecule has 2 aromatic rings. The number of nitrogens with two attached hydrogens (primary N) is 1. The fourth-order valence-corrected chi connectivity index (χ4v) is 2.73. The zero-order chi connectivity index (χ0) is 11.4. The summed E-state index contributed by atoms with van der Waals surface area (Å²) in [5, 5.41) is 0. The summed E-state index contributed by atoms with van der Waals surface area (Å²) in [6.07, 6.45) is 2.88. The second-order valence-corrected chi connectivity index (χ2v) is 5.01. The van der Waals surface area contributed by atoms with Crippen molar-refractivity contribution in [1.82, 2.24) is 4.98 Å². The van der Waals surface area contributed by atoms with Gasteiger partial charge in [0, 0.05) is 11.1 Å². The minimum absolute atomic E-state index is 0.549. The molecule has 0 radical (unpaired) electrons. The zero-order valence-corrected chi connectivity index (χ0v) is 10.2. The SMILES string of the molecule is CC(CCN)c1ccc(-c2ccccn2)s1. The normalized spacial score (nSPS) is 12.6. The average Bonchev–Trinajstić information content (AvgIpc) is 2.80. The topological polar surface area (TPSA) is 38.9 Å². The van der Waals surface area contributed by atoms with Crippen molar-refractivity contribution in [2.24, 2.45) is 5.73 Å². The van der Waals surface area contributed by atoms with E-state index in [4.69, 9.17) is 5.73 Å². The van der Waals surface area contributed by atoms with Crippen LogP contribution in [0.15, 0.2) is 36.5 Å². The molecule has 0 amide bonds. The van der Waals surface area contributed by atoms with Crippen LogP contribution in [-0.4, -0.2) is 11.5 Å². The largest absolute Gasteiger partial charge is 0.330 e. The minimum Gasteiger partial charge on any atom is -0.330 e. The first-order chi connectivity index (χ1) is 7.81. The van der Waals surface area contributed by atoms with Gasteiger partial charge < -0.3 is 5.73 Å². The molecule has 3 heteroatoms. The molecule has 84 valence electrons. The molecule has 0 saturated carbocycles. The van der Waals surface area contributed by atoms with E-state index in [1.54, 1.807) is 0 Å². The predicted octanol–water partition coefficient (Wildman–Crippen LogP) is 3.26. The van der Waals surface area contributed by atoms with Crippen molar-refractivity contribution >= 4 is 11.3 Å². The summed E-state index contributed by atoms with van der Waals surface area (Å²) in [6, 6.07) is 10.3. The van der Waals surface area contributed by atoms with Gasteiger partial charge in [-0.15, -0.1) is 11.3 Å². The van der Waals surface area contributed by atoms with Crippen molar-refractivity contribution in [2.75, 3.05) is 6.54 Å². The standard InChI is InChI=1S/C13H16N2S/c1-10(7-8-14)12-5-6-13(16-12)11-4-2-3-9-15-11/h2-6,9-10H,7-8,14H2,1H3. The first-order valence-electron chi connectivity index (χ1n) is 5.52. The summed E-state index contributed by atoms with van der Waals surface area (Å²) in [4.78, 5) is 6.98. The quantitative estimate of drug-likeness (QED) is 0.878. The van der Waals surface area contributed by atoms with Crippen LogP contribution in [0.5, 0.6) is 0 Å². The summed E-state index contributed by atoms with van der Waals surface area (Å²) >= 11 is 1.82. The van der Waals surface area contributed by atoms with E-state index in [-0.39, 0.29) is 0 Å². The molecular weight excluding hydrogens is 216 g/mol. The molecular formula is C13H16N2S. The van der Waals surface area contributed by atoms with Crippen molar-refractivity contribution in [1.29, 1.82) is 0 Å². The van der Waals surface area contributed by atoms with E-state index in [0.29, 0.717) is 5.92 Å². The molecule has 1 unspecified atom stereocenters. The molecule has 0 fully saturated rings. The number of rotatable bonds is 4. The molecule has 2 N–H and O–H groups in total. The average molecular weight is 232 g/mol. The maximum absolute atomic E-state index is 5.58. The van der Waals surface area contributed by atoms with Crippen LogP contribution in [-0.2, 0) is 0 Å². The van der Waals surface area contributed by atoms with E-state index < -0.39 is 0 Å².